The Morgan fingerprint density at radius 3 is 2.66 bits per heavy atom. The van der Waals surface area contributed by atoms with Gasteiger partial charge in [0.2, 0.25) is 0 Å². The largest absolute Gasteiger partial charge is 0.495 e. The molecule has 4 rings (SSSR count). The number of methoxy groups -OCH3 is 1. The van der Waals surface area contributed by atoms with E-state index in [2.05, 4.69) is 9.97 Å². The number of nitrogens with zero attached hydrogens (tertiary/aromatic N) is 1. The van der Waals surface area contributed by atoms with Gasteiger partial charge in [-0.15, -0.1) is 0 Å². The minimum Gasteiger partial charge on any atom is -0.495 e. The van der Waals surface area contributed by atoms with E-state index in [0.717, 1.165) is 19.1 Å². The number of carbonyl (C=O) groups is 1. The number of H-pyrrole nitrogens is 1. The molecule has 0 spiro atoms. The van der Waals surface area contributed by atoms with E-state index < -0.39 is 11.7 Å². The number of aromatic nitrogens is 2. The Hall–Kier alpha value is -3.01. The smallest absolute Gasteiger partial charge is 0.268 e. The van der Waals surface area contributed by atoms with Crippen LogP contribution < -0.4 is 15.9 Å². The van der Waals surface area contributed by atoms with Crippen LogP contribution in [-0.2, 0) is 4.74 Å². The first kappa shape index (κ1) is 25.3. The highest BCUT2D eigenvalue weighted by Crippen LogP contribution is 2.39. The van der Waals surface area contributed by atoms with Crippen molar-refractivity contribution in [1.29, 1.82) is 0 Å². The number of fused-ring (bicyclic) bond motifs is 1. The van der Waals surface area contributed by atoms with Crippen LogP contribution in [0.25, 0.3) is 10.9 Å². The number of benzene rings is 1. The lowest BCUT2D eigenvalue weighted by Gasteiger charge is -2.14. The summed E-state index contributed by atoms with van der Waals surface area (Å²) in [5.74, 6) is -0.478. The number of nitrogens with one attached hydrogen (secondary N) is 1. The van der Waals surface area contributed by atoms with Crippen LogP contribution in [-0.4, -0.2) is 47.9 Å². The molecule has 2 unspecified atom stereocenters. The van der Waals surface area contributed by atoms with Crippen LogP contribution in [0.1, 0.15) is 35.3 Å². The summed E-state index contributed by atoms with van der Waals surface area (Å²) in [7, 11) is 2.50. The quantitative estimate of drug-likeness (QED) is 0.545. The van der Waals surface area contributed by atoms with Crippen LogP contribution in [0.2, 0.25) is 5.02 Å². The number of amides is 1. The maximum Gasteiger partial charge on any atom is 0.268 e. The van der Waals surface area contributed by atoms with Crippen molar-refractivity contribution >= 4 is 28.4 Å². The molecule has 3 aromatic rings. The Morgan fingerprint density at radius 1 is 1.34 bits per heavy atom. The Bertz CT molecular complexity index is 1130. The van der Waals surface area contributed by atoms with Gasteiger partial charge in [0.05, 0.1) is 30.7 Å². The number of aliphatic hydroxyl groups is 1. The number of primary amides is 1. The molecule has 0 aliphatic carbocycles. The van der Waals surface area contributed by atoms with Crippen LogP contribution >= 0.6 is 11.6 Å². The fraction of sp³-hybridized carbons (Fsp3) is 0.318. The number of pyridine rings is 2. The SMILES string of the molecule is CO.COc1c(C2COC(C)C2)ccc(F)c1Cl.NC(=O)c1nccc2[nH]ccc(=O)c12. The lowest BCUT2D eigenvalue weighted by Crippen LogP contribution is -2.17. The highest BCUT2D eigenvalue weighted by molar-refractivity contribution is 6.32. The maximum absolute atomic E-state index is 13.3. The summed E-state index contributed by atoms with van der Waals surface area (Å²) in [4.78, 5) is 29.0. The second-order valence-corrected chi connectivity index (χ2v) is 7.23. The van der Waals surface area contributed by atoms with Gasteiger partial charge in [-0.2, -0.15) is 0 Å². The second kappa shape index (κ2) is 11.6. The van der Waals surface area contributed by atoms with Crippen LogP contribution in [0.3, 0.4) is 0 Å². The van der Waals surface area contributed by atoms with Crippen LogP contribution in [0.4, 0.5) is 4.39 Å². The van der Waals surface area contributed by atoms with E-state index in [1.54, 1.807) is 12.1 Å². The molecule has 1 fully saturated rings. The van der Waals surface area contributed by atoms with E-state index in [-0.39, 0.29) is 33.6 Å². The van der Waals surface area contributed by atoms with Gasteiger partial charge in [0.1, 0.15) is 22.3 Å². The number of aliphatic hydroxyl groups excluding tert-OH is 1. The summed E-state index contributed by atoms with van der Waals surface area (Å²) in [6.07, 6.45) is 4.09. The zero-order chi connectivity index (χ0) is 23.8. The van der Waals surface area contributed by atoms with Gasteiger partial charge < -0.3 is 25.3 Å². The molecule has 2 aromatic heterocycles. The van der Waals surface area contributed by atoms with Crippen LogP contribution in [0.5, 0.6) is 5.75 Å². The molecule has 2 atom stereocenters. The molecule has 0 bridgehead atoms. The third kappa shape index (κ3) is 5.61. The van der Waals surface area contributed by atoms with E-state index in [1.165, 1.54) is 31.6 Å². The van der Waals surface area contributed by atoms with Crippen molar-refractivity contribution in [3.63, 3.8) is 0 Å². The third-order valence-corrected chi connectivity index (χ3v) is 5.18. The molecule has 1 aliphatic rings. The molecule has 4 N–H and O–H groups in total. The maximum atomic E-state index is 13.3. The monoisotopic (exact) mass is 465 g/mol. The number of hydrogen-bond acceptors (Lipinski definition) is 6. The van der Waals surface area contributed by atoms with Gasteiger partial charge in [0.15, 0.2) is 5.43 Å². The van der Waals surface area contributed by atoms with Crippen molar-refractivity contribution in [3.8, 4) is 5.75 Å². The van der Waals surface area contributed by atoms with Crippen LogP contribution in [0, 0.1) is 5.82 Å². The fourth-order valence-corrected chi connectivity index (χ4v) is 3.67. The van der Waals surface area contributed by atoms with Gasteiger partial charge in [-0.25, -0.2) is 4.39 Å². The van der Waals surface area contributed by atoms with E-state index in [1.807, 2.05) is 6.92 Å². The van der Waals surface area contributed by atoms with Crippen molar-refractivity contribution in [2.24, 2.45) is 5.73 Å². The van der Waals surface area contributed by atoms with Gasteiger partial charge in [-0.1, -0.05) is 17.7 Å². The van der Waals surface area contributed by atoms with Gasteiger partial charge >= 0.3 is 0 Å². The highest BCUT2D eigenvalue weighted by atomic mass is 35.5. The molecule has 10 heteroatoms. The third-order valence-electron chi connectivity index (χ3n) is 4.83. The lowest BCUT2D eigenvalue weighted by molar-refractivity contribution is 0.0997. The number of aromatic amines is 1. The number of carbonyl (C=O) groups excluding carboxylic acids is 1. The van der Waals surface area contributed by atoms with Crippen LogP contribution in [0.15, 0.2) is 41.5 Å². The topological polar surface area (TPSA) is 128 Å². The summed E-state index contributed by atoms with van der Waals surface area (Å²) in [6, 6.07) is 6.05. The van der Waals surface area contributed by atoms with Crippen molar-refractivity contribution in [1.82, 2.24) is 9.97 Å². The molecule has 1 aliphatic heterocycles. The van der Waals surface area contributed by atoms with E-state index in [0.29, 0.717) is 17.9 Å². The van der Waals surface area contributed by atoms with E-state index in [4.69, 9.17) is 31.9 Å². The summed E-state index contributed by atoms with van der Waals surface area (Å²) in [6.45, 7) is 2.66. The lowest BCUT2D eigenvalue weighted by atomic mass is 9.95. The molecule has 8 nitrogen and oxygen atoms in total. The van der Waals surface area contributed by atoms with Gasteiger partial charge in [0, 0.05) is 37.1 Å². The number of halogens is 2. The number of hydrogen-bond donors (Lipinski definition) is 3. The Balaban J connectivity index is 0.000000212. The molecule has 0 saturated carbocycles. The molecular weight excluding hydrogens is 441 g/mol. The Labute approximate surface area is 189 Å². The summed E-state index contributed by atoms with van der Waals surface area (Å²) < 4.78 is 23.9. The molecule has 32 heavy (non-hydrogen) atoms. The van der Waals surface area contributed by atoms with E-state index in [9.17, 15) is 14.0 Å². The summed E-state index contributed by atoms with van der Waals surface area (Å²) in [5, 5.41) is 7.29. The predicted octanol–water partition coefficient (Wildman–Crippen LogP) is 3.01. The molecule has 3 heterocycles. The first-order valence-electron chi connectivity index (χ1n) is 9.67. The highest BCUT2D eigenvalue weighted by Gasteiger charge is 2.27. The summed E-state index contributed by atoms with van der Waals surface area (Å²) >= 11 is 5.87. The Morgan fingerprint density at radius 2 is 2.06 bits per heavy atom. The molecule has 172 valence electrons. The van der Waals surface area contributed by atoms with Crippen molar-refractivity contribution in [2.45, 2.75) is 25.4 Å². The first-order chi connectivity index (χ1) is 15.3. The first-order valence-corrected chi connectivity index (χ1v) is 10.1. The number of nitrogens with two attached hydrogens (primary N) is 1. The number of rotatable bonds is 3. The Kier molecular flexibility index (Phi) is 9.13. The van der Waals surface area contributed by atoms with Crippen molar-refractivity contribution in [3.05, 3.63) is 69.0 Å². The normalized spacial score (nSPS) is 17.1. The average molecular weight is 466 g/mol. The second-order valence-electron chi connectivity index (χ2n) is 6.85. The zero-order valence-electron chi connectivity index (χ0n) is 17.9. The van der Waals surface area contributed by atoms with Gasteiger partial charge in [-0.05, 0) is 25.5 Å². The van der Waals surface area contributed by atoms with E-state index >= 15 is 0 Å². The van der Waals surface area contributed by atoms with Gasteiger partial charge in [0.25, 0.3) is 5.91 Å². The minimum absolute atomic E-state index is 0.00403. The zero-order valence-corrected chi connectivity index (χ0v) is 18.6. The molecule has 1 amide bonds. The molecule has 0 radical (unpaired) electrons. The van der Waals surface area contributed by atoms with Gasteiger partial charge in [-0.3, -0.25) is 14.6 Å². The molecular formula is C22H25ClFN3O5. The van der Waals surface area contributed by atoms with Crippen molar-refractivity contribution in [2.75, 3.05) is 20.8 Å². The van der Waals surface area contributed by atoms with Crippen molar-refractivity contribution < 1.29 is 23.8 Å². The standard InChI is InChI=1S/C12H14ClFO2.C9H7N3O2.CH4O/c1-7-5-8(6-16-7)9-3-4-10(14)11(13)12(9)15-2;10-9(14)8-7-5(1-3-12-8)11-4-2-6(7)13;1-2/h3-4,7-8H,5-6H2,1-2H3;1-4H,(H2,10,14)(H,11,13);2H,1H3. The number of ether oxygens (including phenoxy) is 2. The fourth-order valence-electron chi connectivity index (χ4n) is 3.42. The average Bonchev–Trinajstić information content (AvgIpc) is 3.23. The predicted molar refractivity (Wildman–Crippen MR) is 120 cm³/mol. The molecule has 1 saturated heterocycles. The minimum atomic E-state index is -0.702. The summed E-state index contributed by atoms with van der Waals surface area (Å²) in [5.41, 5.74) is 6.32. The molecule has 1 aromatic carbocycles.